The number of nitrogens with zero attached hydrogens (tertiary/aromatic N) is 1. The molecule has 0 saturated carbocycles. The zero-order chi connectivity index (χ0) is 22.0. The summed E-state index contributed by atoms with van der Waals surface area (Å²) in [5.74, 6) is -1.44. The van der Waals surface area contributed by atoms with Gasteiger partial charge in [-0.2, -0.15) is 4.31 Å². The van der Waals surface area contributed by atoms with E-state index in [-0.39, 0.29) is 22.2 Å². The highest BCUT2D eigenvalue weighted by Gasteiger charge is 2.34. The van der Waals surface area contributed by atoms with Crippen LogP contribution in [0.5, 0.6) is 0 Å². The summed E-state index contributed by atoms with van der Waals surface area (Å²) < 4.78 is 27.3. The van der Waals surface area contributed by atoms with Gasteiger partial charge in [0.25, 0.3) is 15.9 Å². The Morgan fingerprint density at radius 2 is 1.90 bits per heavy atom. The van der Waals surface area contributed by atoms with Gasteiger partial charge in [0, 0.05) is 18.0 Å². The minimum atomic E-state index is -3.61. The van der Waals surface area contributed by atoms with Crippen molar-refractivity contribution in [1.29, 1.82) is 0 Å². The number of carbonyl (C=O) groups excluding carboxylic acids is 2. The predicted molar refractivity (Wildman–Crippen MR) is 123 cm³/mol. The molecule has 3 N–H and O–H groups in total. The van der Waals surface area contributed by atoms with Crippen molar-refractivity contribution < 1.29 is 18.0 Å². The van der Waals surface area contributed by atoms with Crippen LogP contribution in [0.15, 0.2) is 58.1 Å². The molecule has 1 aliphatic heterocycles. The minimum absolute atomic E-state index is 0.106. The van der Waals surface area contributed by atoms with Crippen LogP contribution in [0.25, 0.3) is 10.4 Å². The minimum Gasteiger partial charge on any atom is -0.366 e. The van der Waals surface area contributed by atoms with Gasteiger partial charge in [0.15, 0.2) is 0 Å². The normalized spacial score (nSPS) is 17.4. The van der Waals surface area contributed by atoms with Crippen LogP contribution < -0.4 is 11.1 Å². The molecule has 0 bridgehead atoms. The molecule has 2 amide bonds. The second-order valence-electron chi connectivity index (χ2n) is 7.21. The first-order chi connectivity index (χ1) is 14.9. The van der Waals surface area contributed by atoms with Crippen LogP contribution in [0.3, 0.4) is 0 Å². The number of benzene rings is 1. The molecule has 3 aromatic rings. The fourth-order valence-electron chi connectivity index (χ4n) is 3.54. The van der Waals surface area contributed by atoms with Crippen molar-refractivity contribution in [1.82, 2.24) is 4.31 Å². The quantitative estimate of drug-likeness (QED) is 0.567. The van der Waals surface area contributed by atoms with Gasteiger partial charge in [0.2, 0.25) is 5.91 Å². The molecule has 31 heavy (non-hydrogen) atoms. The van der Waals surface area contributed by atoms with Gasteiger partial charge in [0.05, 0.1) is 11.5 Å². The van der Waals surface area contributed by atoms with E-state index >= 15 is 0 Å². The highest BCUT2D eigenvalue weighted by Crippen LogP contribution is 2.36. The summed E-state index contributed by atoms with van der Waals surface area (Å²) in [6.45, 7) is 0.489. The molecule has 7 nitrogen and oxygen atoms in total. The van der Waals surface area contributed by atoms with Gasteiger partial charge in [-0.1, -0.05) is 36.4 Å². The van der Waals surface area contributed by atoms with Crippen molar-refractivity contribution >= 4 is 49.5 Å². The number of anilines is 1. The number of sulfonamides is 1. The number of hydrogen-bond acceptors (Lipinski definition) is 6. The van der Waals surface area contributed by atoms with Crippen molar-refractivity contribution in [3.05, 3.63) is 59.5 Å². The first-order valence-corrected chi connectivity index (χ1v) is 12.8. The maximum Gasteiger partial charge on any atom is 0.252 e. The molecule has 1 atom stereocenters. The Hall–Kier alpha value is -2.53. The molecule has 162 valence electrons. The number of nitrogens with two attached hydrogens (primary N) is 1. The number of primary amides is 1. The summed E-state index contributed by atoms with van der Waals surface area (Å²) in [7, 11) is -3.61. The van der Waals surface area contributed by atoms with Crippen molar-refractivity contribution in [2.75, 3.05) is 18.4 Å². The number of carbonyl (C=O) groups is 2. The lowest BCUT2D eigenvalue weighted by Gasteiger charge is -2.30. The molecule has 1 fully saturated rings. The summed E-state index contributed by atoms with van der Waals surface area (Å²) in [5.41, 5.74) is 6.69. The lowest BCUT2D eigenvalue weighted by molar-refractivity contribution is -0.120. The van der Waals surface area contributed by atoms with Crippen LogP contribution in [0.2, 0.25) is 0 Å². The standard InChI is InChI=1S/C21H21N3O4S3/c22-19(25)16-12-17(14-6-2-1-3-7-14)30-21(16)23-20(26)15-8-4-10-24(13-15)31(27,28)18-9-5-11-29-18/h1-3,5-7,9,11-12,15H,4,8,10,13H2,(H2,22,25)(H,23,26). The van der Waals surface area contributed by atoms with Crippen molar-refractivity contribution in [2.24, 2.45) is 11.7 Å². The maximum atomic E-state index is 13.0. The van der Waals surface area contributed by atoms with E-state index in [0.717, 1.165) is 21.8 Å². The summed E-state index contributed by atoms with van der Waals surface area (Å²) in [5, 5.41) is 4.92. The summed E-state index contributed by atoms with van der Waals surface area (Å²) in [4.78, 5) is 25.7. The van der Waals surface area contributed by atoms with E-state index in [1.54, 1.807) is 23.6 Å². The number of nitrogens with one attached hydrogen (secondary N) is 1. The predicted octanol–water partition coefficient (Wildman–Crippen LogP) is 3.61. The highest BCUT2D eigenvalue weighted by molar-refractivity contribution is 7.91. The SMILES string of the molecule is NC(=O)c1cc(-c2ccccc2)sc1NC(=O)C1CCCN(S(=O)(=O)c2cccs2)C1. The molecule has 1 aromatic carbocycles. The maximum absolute atomic E-state index is 13.0. The lowest BCUT2D eigenvalue weighted by atomic mass is 9.99. The third-order valence-electron chi connectivity index (χ3n) is 5.14. The molecule has 1 aliphatic rings. The molecular weight excluding hydrogens is 454 g/mol. The van der Waals surface area contributed by atoms with Crippen LogP contribution >= 0.6 is 22.7 Å². The Morgan fingerprint density at radius 3 is 2.58 bits per heavy atom. The monoisotopic (exact) mass is 475 g/mol. The molecule has 2 aromatic heterocycles. The van der Waals surface area contributed by atoms with Crippen molar-refractivity contribution in [2.45, 2.75) is 17.1 Å². The van der Waals surface area contributed by atoms with E-state index < -0.39 is 21.8 Å². The third-order valence-corrected chi connectivity index (χ3v) is 9.47. The fraction of sp³-hybridized carbons (Fsp3) is 0.238. The van der Waals surface area contributed by atoms with Gasteiger partial charge in [-0.25, -0.2) is 8.42 Å². The largest absolute Gasteiger partial charge is 0.366 e. The average molecular weight is 476 g/mol. The van der Waals surface area contributed by atoms with Gasteiger partial charge in [0.1, 0.15) is 9.21 Å². The van der Waals surface area contributed by atoms with E-state index in [4.69, 9.17) is 5.73 Å². The van der Waals surface area contributed by atoms with Gasteiger partial charge < -0.3 is 11.1 Å². The number of amides is 2. The fourth-order valence-corrected chi connectivity index (χ4v) is 7.28. The van der Waals surface area contributed by atoms with E-state index in [0.29, 0.717) is 24.4 Å². The van der Waals surface area contributed by atoms with Gasteiger partial charge in [-0.3, -0.25) is 9.59 Å². The second-order valence-corrected chi connectivity index (χ2v) is 11.4. The van der Waals surface area contributed by atoms with E-state index in [9.17, 15) is 18.0 Å². The zero-order valence-electron chi connectivity index (χ0n) is 16.5. The first-order valence-electron chi connectivity index (χ1n) is 9.70. The third kappa shape index (κ3) is 4.57. The lowest BCUT2D eigenvalue weighted by Crippen LogP contribution is -2.43. The first kappa shape index (κ1) is 21.7. The summed E-state index contributed by atoms with van der Waals surface area (Å²) in [6.07, 6.45) is 1.16. The van der Waals surface area contributed by atoms with Gasteiger partial charge in [-0.05, 0) is 35.9 Å². The van der Waals surface area contributed by atoms with Crippen molar-refractivity contribution in [3.8, 4) is 10.4 Å². The smallest absolute Gasteiger partial charge is 0.252 e. The molecule has 4 rings (SSSR count). The van der Waals surface area contributed by atoms with E-state index in [1.165, 1.54) is 15.6 Å². The van der Waals surface area contributed by atoms with Gasteiger partial charge in [-0.15, -0.1) is 22.7 Å². The Bertz CT molecular complexity index is 1190. The van der Waals surface area contributed by atoms with Crippen LogP contribution in [-0.4, -0.2) is 37.6 Å². The Balaban J connectivity index is 1.53. The summed E-state index contributed by atoms with van der Waals surface area (Å²) >= 11 is 2.44. The Morgan fingerprint density at radius 1 is 1.13 bits per heavy atom. The Kier molecular flexibility index (Phi) is 6.24. The second kappa shape index (κ2) is 8.91. The molecule has 1 saturated heterocycles. The average Bonchev–Trinajstić information content (AvgIpc) is 3.45. The van der Waals surface area contributed by atoms with Crippen LogP contribution in [0.1, 0.15) is 23.2 Å². The van der Waals surface area contributed by atoms with Gasteiger partial charge >= 0.3 is 0 Å². The number of thiophene rings is 2. The zero-order valence-corrected chi connectivity index (χ0v) is 18.9. The highest BCUT2D eigenvalue weighted by atomic mass is 32.2. The molecule has 0 spiro atoms. The van der Waals surface area contributed by atoms with Crippen LogP contribution in [-0.2, 0) is 14.8 Å². The van der Waals surface area contributed by atoms with Crippen LogP contribution in [0.4, 0.5) is 5.00 Å². The van der Waals surface area contributed by atoms with E-state index in [1.807, 2.05) is 30.3 Å². The molecule has 1 unspecified atom stereocenters. The van der Waals surface area contributed by atoms with Crippen LogP contribution in [0, 0.1) is 5.92 Å². The number of piperidine rings is 1. The Labute approximate surface area is 188 Å². The number of hydrogen-bond donors (Lipinski definition) is 2. The molecule has 3 heterocycles. The molecule has 10 heteroatoms. The molecular formula is C21H21N3O4S3. The summed E-state index contributed by atoms with van der Waals surface area (Å²) in [6, 6.07) is 14.4. The van der Waals surface area contributed by atoms with Crippen molar-refractivity contribution in [3.63, 3.8) is 0 Å². The molecule has 0 radical (unpaired) electrons. The van der Waals surface area contributed by atoms with E-state index in [2.05, 4.69) is 5.32 Å². The molecule has 0 aliphatic carbocycles. The topological polar surface area (TPSA) is 110 Å². The number of rotatable bonds is 6.